The van der Waals surface area contributed by atoms with Gasteiger partial charge in [0.2, 0.25) is 0 Å². The van der Waals surface area contributed by atoms with Crippen LogP contribution in [0.4, 0.5) is 4.39 Å². The van der Waals surface area contributed by atoms with Crippen LogP contribution in [0, 0.1) is 19.7 Å². The van der Waals surface area contributed by atoms with Crippen molar-refractivity contribution in [2.45, 2.75) is 33.2 Å². The number of hydrogen-bond donors (Lipinski definition) is 2. The topological polar surface area (TPSA) is 79.4 Å². The van der Waals surface area contributed by atoms with Crippen molar-refractivity contribution < 1.29 is 4.39 Å². The van der Waals surface area contributed by atoms with Gasteiger partial charge in [0.25, 0.3) is 0 Å². The fourth-order valence-corrected chi connectivity index (χ4v) is 2.68. The molecule has 0 fully saturated rings. The highest BCUT2D eigenvalue weighted by Crippen LogP contribution is 2.13. The summed E-state index contributed by atoms with van der Waals surface area (Å²) in [6.07, 6.45) is 1.30. The molecule has 0 aliphatic rings. The van der Waals surface area contributed by atoms with Crippen LogP contribution >= 0.6 is 0 Å². The molecule has 2 aromatic heterocycles. The quantitative estimate of drug-likeness (QED) is 0.754. The van der Waals surface area contributed by atoms with Crippen LogP contribution in [0.5, 0.6) is 0 Å². The van der Waals surface area contributed by atoms with Gasteiger partial charge in [0, 0.05) is 17.7 Å². The zero-order valence-corrected chi connectivity index (χ0v) is 13.1. The number of hydrogen-bond acceptors (Lipinski definition) is 3. The molecule has 1 aromatic carbocycles. The van der Waals surface area contributed by atoms with Crippen molar-refractivity contribution in [2.75, 3.05) is 0 Å². The number of aromatic nitrogens is 5. The third-order valence-electron chi connectivity index (χ3n) is 4.00. The summed E-state index contributed by atoms with van der Waals surface area (Å²) in [4.78, 5) is 12.0. The van der Waals surface area contributed by atoms with Crippen LogP contribution in [0.15, 0.2) is 29.1 Å². The molecule has 0 aliphatic heterocycles. The Balaban J connectivity index is 1.82. The Kier molecular flexibility index (Phi) is 4.10. The Morgan fingerprint density at radius 1 is 1.13 bits per heavy atom. The Morgan fingerprint density at radius 2 is 1.91 bits per heavy atom. The average Bonchev–Trinajstić information content (AvgIpc) is 3.04. The average molecular weight is 315 g/mol. The monoisotopic (exact) mass is 315 g/mol. The first kappa shape index (κ1) is 15.2. The summed E-state index contributed by atoms with van der Waals surface area (Å²) < 4.78 is 15.3. The maximum absolute atomic E-state index is 13.8. The fourth-order valence-electron chi connectivity index (χ4n) is 2.68. The minimum Gasteiger partial charge on any atom is -0.282 e. The molecular formula is C16H18FN5O. The Bertz CT molecular complexity index is 857. The maximum Gasteiger partial charge on any atom is 0.343 e. The van der Waals surface area contributed by atoms with E-state index in [2.05, 4.69) is 20.4 Å². The van der Waals surface area contributed by atoms with E-state index in [9.17, 15) is 9.18 Å². The molecule has 23 heavy (non-hydrogen) atoms. The summed E-state index contributed by atoms with van der Waals surface area (Å²) in [5.74, 6) is 0.284. The summed E-state index contributed by atoms with van der Waals surface area (Å²) in [5.41, 5.74) is 3.22. The molecule has 7 heteroatoms. The van der Waals surface area contributed by atoms with E-state index in [0.717, 1.165) is 23.4 Å². The van der Waals surface area contributed by atoms with Crippen LogP contribution in [0.2, 0.25) is 0 Å². The molecule has 2 N–H and O–H groups in total. The summed E-state index contributed by atoms with van der Waals surface area (Å²) in [6.45, 7) is 4.07. The molecule has 3 aromatic rings. The van der Waals surface area contributed by atoms with E-state index in [1.54, 1.807) is 18.2 Å². The molecule has 0 aliphatic carbocycles. The lowest BCUT2D eigenvalue weighted by atomic mass is 10.1. The minimum absolute atomic E-state index is 0.167. The second-order valence-electron chi connectivity index (χ2n) is 5.54. The van der Waals surface area contributed by atoms with Gasteiger partial charge in [-0.1, -0.05) is 18.2 Å². The predicted octanol–water partition coefficient (Wildman–Crippen LogP) is 1.88. The zero-order valence-electron chi connectivity index (χ0n) is 13.1. The van der Waals surface area contributed by atoms with E-state index in [0.29, 0.717) is 17.8 Å². The molecule has 0 saturated heterocycles. The smallest absolute Gasteiger partial charge is 0.282 e. The lowest BCUT2D eigenvalue weighted by molar-refractivity contribution is 0.589. The van der Waals surface area contributed by atoms with E-state index in [-0.39, 0.29) is 18.1 Å². The van der Waals surface area contributed by atoms with Gasteiger partial charge < -0.3 is 0 Å². The molecule has 0 saturated carbocycles. The summed E-state index contributed by atoms with van der Waals surface area (Å²) in [6, 6.07) is 6.44. The van der Waals surface area contributed by atoms with Crippen LogP contribution in [0.1, 0.15) is 28.3 Å². The number of nitrogens with zero attached hydrogens (tertiary/aromatic N) is 3. The van der Waals surface area contributed by atoms with Gasteiger partial charge in [0.1, 0.15) is 11.6 Å². The SMILES string of the molecule is Cc1n[nH]c(C)c1CCc1n[nH]c(=O)n1Cc1ccccc1F. The van der Waals surface area contributed by atoms with E-state index in [1.165, 1.54) is 10.6 Å². The zero-order chi connectivity index (χ0) is 16.4. The third-order valence-corrected chi connectivity index (χ3v) is 4.00. The van der Waals surface area contributed by atoms with Crippen molar-refractivity contribution in [3.05, 3.63) is 68.9 Å². The fraction of sp³-hybridized carbons (Fsp3) is 0.312. The molecule has 2 heterocycles. The lowest BCUT2D eigenvalue weighted by Crippen LogP contribution is -2.20. The van der Waals surface area contributed by atoms with Gasteiger partial charge in [-0.3, -0.25) is 9.67 Å². The van der Waals surface area contributed by atoms with Crippen LogP contribution < -0.4 is 5.69 Å². The van der Waals surface area contributed by atoms with Crippen LogP contribution in [0.3, 0.4) is 0 Å². The van der Waals surface area contributed by atoms with E-state index in [4.69, 9.17) is 0 Å². The normalized spacial score (nSPS) is 11.1. The highest BCUT2D eigenvalue weighted by molar-refractivity contribution is 5.24. The van der Waals surface area contributed by atoms with Gasteiger partial charge in [0.05, 0.1) is 12.2 Å². The van der Waals surface area contributed by atoms with Crippen molar-refractivity contribution in [2.24, 2.45) is 0 Å². The van der Waals surface area contributed by atoms with Crippen LogP contribution in [-0.2, 0) is 19.4 Å². The number of halogens is 1. The van der Waals surface area contributed by atoms with Crippen LogP contribution in [0.25, 0.3) is 0 Å². The summed E-state index contributed by atoms with van der Waals surface area (Å²) in [5, 5.41) is 13.6. The molecule has 0 spiro atoms. The Morgan fingerprint density at radius 3 is 2.61 bits per heavy atom. The second-order valence-corrected chi connectivity index (χ2v) is 5.54. The summed E-state index contributed by atoms with van der Waals surface area (Å²) >= 11 is 0. The van der Waals surface area contributed by atoms with Crippen molar-refractivity contribution in [3.63, 3.8) is 0 Å². The highest BCUT2D eigenvalue weighted by Gasteiger charge is 2.13. The minimum atomic E-state index is -0.330. The number of H-pyrrole nitrogens is 2. The molecule has 120 valence electrons. The molecule has 0 radical (unpaired) electrons. The Labute approximate surface area is 132 Å². The van der Waals surface area contributed by atoms with Gasteiger partial charge in [-0.15, -0.1) is 0 Å². The molecule has 0 unspecified atom stereocenters. The van der Waals surface area contributed by atoms with Crippen molar-refractivity contribution in [1.82, 2.24) is 25.0 Å². The third kappa shape index (κ3) is 3.08. The number of nitrogens with one attached hydrogen (secondary N) is 2. The maximum atomic E-state index is 13.8. The molecule has 0 bridgehead atoms. The molecular weight excluding hydrogens is 297 g/mol. The predicted molar refractivity (Wildman–Crippen MR) is 83.8 cm³/mol. The van der Waals surface area contributed by atoms with Crippen molar-refractivity contribution in [1.29, 1.82) is 0 Å². The number of rotatable bonds is 5. The number of aryl methyl sites for hydroxylation is 3. The number of aromatic amines is 2. The van der Waals surface area contributed by atoms with Crippen LogP contribution in [-0.4, -0.2) is 25.0 Å². The molecule has 6 nitrogen and oxygen atoms in total. The lowest BCUT2D eigenvalue weighted by Gasteiger charge is -2.07. The van der Waals surface area contributed by atoms with Gasteiger partial charge in [0.15, 0.2) is 0 Å². The number of benzene rings is 1. The first-order valence-corrected chi connectivity index (χ1v) is 7.44. The Hall–Kier alpha value is -2.70. The van der Waals surface area contributed by atoms with Gasteiger partial charge in [-0.25, -0.2) is 14.3 Å². The summed E-state index contributed by atoms with van der Waals surface area (Å²) in [7, 11) is 0. The largest absolute Gasteiger partial charge is 0.343 e. The van der Waals surface area contributed by atoms with Crippen molar-refractivity contribution >= 4 is 0 Å². The van der Waals surface area contributed by atoms with E-state index >= 15 is 0 Å². The molecule has 0 atom stereocenters. The van der Waals surface area contributed by atoms with Gasteiger partial charge >= 0.3 is 5.69 Å². The first-order valence-electron chi connectivity index (χ1n) is 7.44. The second kappa shape index (κ2) is 6.20. The van der Waals surface area contributed by atoms with E-state index < -0.39 is 0 Å². The van der Waals surface area contributed by atoms with Crippen molar-refractivity contribution in [3.8, 4) is 0 Å². The van der Waals surface area contributed by atoms with E-state index in [1.807, 2.05) is 13.8 Å². The van der Waals surface area contributed by atoms with Gasteiger partial charge in [-0.2, -0.15) is 10.2 Å². The molecule has 3 rings (SSSR count). The molecule has 0 amide bonds. The van der Waals surface area contributed by atoms with Gasteiger partial charge in [-0.05, 0) is 31.9 Å². The standard InChI is InChI=1S/C16H18FN5O/c1-10-13(11(2)19-18-10)7-8-15-20-21-16(23)22(15)9-12-5-3-4-6-14(12)17/h3-6H,7-9H2,1-2H3,(H,18,19)(H,21,23). The highest BCUT2D eigenvalue weighted by atomic mass is 19.1. The first-order chi connectivity index (χ1) is 11.1.